The van der Waals surface area contributed by atoms with Gasteiger partial charge in [-0.3, -0.25) is 0 Å². The Morgan fingerprint density at radius 3 is 2.91 bits per heavy atom. The van der Waals surface area contributed by atoms with E-state index < -0.39 is 0 Å². The van der Waals surface area contributed by atoms with Crippen molar-refractivity contribution in [1.29, 1.82) is 0 Å². The molecule has 2 unspecified atom stereocenters. The Balaban J connectivity index is 2.21. The Hall–Kier alpha value is 0.310. The molecule has 0 spiro atoms. The van der Waals surface area contributed by atoms with Crippen LogP contribution in [0.5, 0.6) is 0 Å². The van der Waals surface area contributed by atoms with E-state index in [2.05, 4.69) is 13.8 Å². The zero-order valence-electron chi connectivity index (χ0n) is 7.51. The monoisotopic (exact) mass is 174 g/mol. The summed E-state index contributed by atoms with van der Waals surface area (Å²) < 4.78 is 5.61. The van der Waals surface area contributed by atoms with Gasteiger partial charge in [0.25, 0.3) is 0 Å². The van der Waals surface area contributed by atoms with Gasteiger partial charge in [0.05, 0.1) is 0 Å². The minimum atomic E-state index is 0.499. The second kappa shape index (κ2) is 5.04. The minimum absolute atomic E-state index is 0.499. The lowest BCUT2D eigenvalue weighted by Gasteiger charge is -2.28. The summed E-state index contributed by atoms with van der Waals surface area (Å²) >= 11 is 2.03. The van der Waals surface area contributed by atoms with E-state index in [4.69, 9.17) is 4.74 Å². The highest BCUT2D eigenvalue weighted by atomic mass is 32.2. The molecule has 66 valence electrons. The third-order valence-electron chi connectivity index (χ3n) is 2.07. The van der Waals surface area contributed by atoms with Crippen LogP contribution in [0.4, 0.5) is 0 Å². The van der Waals surface area contributed by atoms with Gasteiger partial charge in [0.2, 0.25) is 0 Å². The van der Waals surface area contributed by atoms with Gasteiger partial charge in [0.15, 0.2) is 0 Å². The van der Waals surface area contributed by atoms with Gasteiger partial charge in [0, 0.05) is 11.9 Å². The quantitative estimate of drug-likeness (QED) is 0.650. The van der Waals surface area contributed by atoms with E-state index in [9.17, 15) is 0 Å². The molecule has 1 saturated heterocycles. The summed E-state index contributed by atoms with van der Waals surface area (Å²) in [7, 11) is 0. The number of thioether (sulfide) groups is 1. The third-order valence-corrected chi connectivity index (χ3v) is 3.70. The average molecular weight is 174 g/mol. The van der Waals surface area contributed by atoms with Crippen molar-refractivity contribution in [2.24, 2.45) is 0 Å². The van der Waals surface area contributed by atoms with Crippen molar-refractivity contribution in [1.82, 2.24) is 0 Å². The molecule has 1 aliphatic heterocycles. The molecule has 0 aromatic carbocycles. The van der Waals surface area contributed by atoms with E-state index in [1.165, 1.54) is 25.7 Å². The van der Waals surface area contributed by atoms with Crippen LogP contribution in [0.1, 0.15) is 39.5 Å². The molecule has 1 aliphatic rings. The molecule has 0 saturated carbocycles. The lowest BCUT2D eigenvalue weighted by molar-refractivity contribution is 0.0934. The number of rotatable bonds is 3. The molecule has 2 atom stereocenters. The predicted molar refractivity (Wildman–Crippen MR) is 50.9 cm³/mol. The molecule has 1 nitrogen and oxygen atoms in total. The van der Waals surface area contributed by atoms with Crippen molar-refractivity contribution in [3.8, 4) is 0 Å². The lowest BCUT2D eigenvalue weighted by atomic mass is 10.2. The van der Waals surface area contributed by atoms with Gasteiger partial charge in [0.1, 0.15) is 5.44 Å². The lowest BCUT2D eigenvalue weighted by Crippen LogP contribution is -2.22. The smallest absolute Gasteiger partial charge is 0.103 e. The van der Waals surface area contributed by atoms with Crippen LogP contribution in [0.25, 0.3) is 0 Å². The van der Waals surface area contributed by atoms with Crippen molar-refractivity contribution < 1.29 is 4.74 Å². The van der Waals surface area contributed by atoms with Crippen molar-refractivity contribution in [3.63, 3.8) is 0 Å². The van der Waals surface area contributed by atoms with Crippen LogP contribution in [0.2, 0.25) is 0 Å². The Labute approximate surface area is 73.9 Å². The summed E-state index contributed by atoms with van der Waals surface area (Å²) in [6, 6.07) is 0. The fourth-order valence-corrected chi connectivity index (χ4v) is 2.74. The van der Waals surface area contributed by atoms with E-state index >= 15 is 0 Å². The molecule has 1 heterocycles. The van der Waals surface area contributed by atoms with Crippen molar-refractivity contribution >= 4 is 11.8 Å². The number of hydrogen-bond acceptors (Lipinski definition) is 2. The summed E-state index contributed by atoms with van der Waals surface area (Å²) in [5.41, 5.74) is 0.499. The second-order valence-electron chi connectivity index (χ2n) is 3.04. The van der Waals surface area contributed by atoms with Crippen molar-refractivity contribution in [2.45, 2.75) is 50.2 Å². The van der Waals surface area contributed by atoms with Crippen molar-refractivity contribution in [2.75, 3.05) is 6.61 Å². The van der Waals surface area contributed by atoms with Gasteiger partial charge in [-0.25, -0.2) is 0 Å². The van der Waals surface area contributed by atoms with Crippen LogP contribution in [0.3, 0.4) is 0 Å². The molecule has 1 rings (SSSR count). The fourth-order valence-electron chi connectivity index (χ4n) is 1.34. The van der Waals surface area contributed by atoms with Gasteiger partial charge < -0.3 is 4.74 Å². The zero-order chi connectivity index (χ0) is 8.10. The summed E-state index contributed by atoms with van der Waals surface area (Å²) in [5, 5.41) is 0.861. The highest BCUT2D eigenvalue weighted by molar-refractivity contribution is 8.00. The highest BCUT2D eigenvalue weighted by Crippen LogP contribution is 2.31. The molecule has 0 aromatic heterocycles. The van der Waals surface area contributed by atoms with E-state index in [1.54, 1.807) is 0 Å². The summed E-state index contributed by atoms with van der Waals surface area (Å²) in [5.74, 6) is 0. The van der Waals surface area contributed by atoms with Gasteiger partial charge >= 0.3 is 0 Å². The molecule has 2 heteroatoms. The van der Waals surface area contributed by atoms with Crippen LogP contribution in [0, 0.1) is 0 Å². The molecular formula is C9H18OS. The Kier molecular flexibility index (Phi) is 4.31. The predicted octanol–water partition coefficient (Wildman–Crippen LogP) is 3.04. The maximum Gasteiger partial charge on any atom is 0.103 e. The number of hydrogen-bond donors (Lipinski definition) is 0. The molecule has 11 heavy (non-hydrogen) atoms. The maximum absolute atomic E-state index is 5.61. The normalized spacial score (nSPS) is 32.2. The maximum atomic E-state index is 5.61. The van der Waals surface area contributed by atoms with Crippen LogP contribution in [0.15, 0.2) is 0 Å². The molecule has 0 radical (unpaired) electrons. The van der Waals surface area contributed by atoms with Gasteiger partial charge in [-0.2, -0.15) is 0 Å². The standard InChI is InChI=1S/C9H18OS/c1-3-5-9-10-7-6-8(4-2)11-9/h8-9H,3-7H2,1-2H3. The molecular weight excluding hydrogens is 156 g/mol. The fraction of sp³-hybridized carbons (Fsp3) is 1.00. The summed E-state index contributed by atoms with van der Waals surface area (Å²) in [6.07, 6.45) is 5.02. The Morgan fingerprint density at radius 2 is 2.27 bits per heavy atom. The first-order valence-corrected chi connectivity index (χ1v) is 5.58. The van der Waals surface area contributed by atoms with Gasteiger partial charge in [-0.05, 0) is 19.3 Å². The second-order valence-corrected chi connectivity index (χ2v) is 4.51. The van der Waals surface area contributed by atoms with Crippen LogP contribution < -0.4 is 0 Å². The zero-order valence-corrected chi connectivity index (χ0v) is 8.32. The van der Waals surface area contributed by atoms with E-state index in [0.29, 0.717) is 5.44 Å². The van der Waals surface area contributed by atoms with Crippen LogP contribution in [-0.4, -0.2) is 17.3 Å². The van der Waals surface area contributed by atoms with E-state index in [-0.39, 0.29) is 0 Å². The van der Waals surface area contributed by atoms with Gasteiger partial charge in [-0.15, -0.1) is 11.8 Å². The number of ether oxygens (including phenoxy) is 1. The SMILES string of the molecule is CCCC1OCCC(CC)S1. The molecule has 0 bridgehead atoms. The van der Waals surface area contributed by atoms with Crippen LogP contribution in [-0.2, 0) is 4.74 Å². The first-order valence-electron chi connectivity index (χ1n) is 4.63. The van der Waals surface area contributed by atoms with Crippen LogP contribution >= 0.6 is 11.8 Å². The molecule has 0 aromatic rings. The molecule has 1 fully saturated rings. The molecule has 0 amide bonds. The average Bonchev–Trinajstić information content (AvgIpc) is 2.06. The Morgan fingerprint density at radius 1 is 1.45 bits per heavy atom. The third kappa shape index (κ3) is 3.04. The van der Waals surface area contributed by atoms with Crippen molar-refractivity contribution in [3.05, 3.63) is 0 Å². The van der Waals surface area contributed by atoms with E-state index in [1.807, 2.05) is 11.8 Å². The molecule has 0 N–H and O–H groups in total. The van der Waals surface area contributed by atoms with E-state index in [0.717, 1.165) is 11.9 Å². The summed E-state index contributed by atoms with van der Waals surface area (Å²) in [6.45, 7) is 5.47. The summed E-state index contributed by atoms with van der Waals surface area (Å²) in [4.78, 5) is 0. The largest absolute Gasteiger partial charge is 0.368 e. The Bertz CT molecular complexity index is 104. The topological polar surface area (TPSA) is 9.23 Å². The minimum Gasteiger partial charge on any atom is -0.368 e. The first-order chi connectivity index (χ1) is 5.36. The van der Waals surface area contributed by atoms with Gasteiger partial charge in [-0.1, -0.05) is 20.3 Å². The first kappa shape index (κ1) is 9.40. The molecule has 0 aliphatic carbocycles. The highest BCUT2D eigenvalue weighted by Gasteiger charge is 2.20.